The molecule has 0 fully saturated rings. The van der Waals surface area contributed by atoms with Gasteiger partial charge in [0.25, 0.3) is 0 Å². The minimum Gasteiger partial charge on any atom is -0.182 e. The quantitative estimate of drug-likeness (QED) is 0.556. The van der Waals surface area contributed by atoms with Crippen molar-refractivity contribution in [2.75, 3.05) is 0 Å². The van der Waals surface area contributed by atoms with E-state index in [0.29, 0.717) is 0 Å². The zero-order valence-electron chi connectivity index (χ0n) is 7.51. The number of hydrogen-bond donors (Lipinski definition) is 0. The van der Waals surface area contributed by atoms with Crippen LogP contribution in [0.3, 0.4) is 0 Å². The SMILES string of the molecule is CC1=[C]([Mg][C]2=CC=CC2)CC=C1. The molecule has 0 nitrogen and oxygen atoms in total. The van der Waals surface area contributed by atoms with Crippen LogP contribution in [0.5, 0.6) is 0 Å². The van der Waals surface area contributed by atoms with E-state index in [1.807, 2.05) is 0 Å². The standard InChI is InChI=1S/C6H7.C5H5.Mg/c1-6-4-2-3-5-6;1-2-4-5-3-1;/h2,4H,3H2,1H3;1-3H,4H2;. The third-order valence-corrected chi connectivity index (χ3v) is 4.83. The molecule has 12 heavy (non-hydrogen) atoms. The third-order valence-electron chi connectivity index (χ3n) is 2.58. The van der Waals surface area contributed by atoms with Crippen LogP contribution in [0.25, 0.3) is 0 Å². The van der Waals surface area contributed by atoms with E-state index in [2.05, 4.69) is 37.3 Å². The Labute approximate surface area is 83.5 Å². The molecular weight excluding hydrogens is 156 g/mol. The Kier molecular flexibility index (Phi) is 2.52. The molecule has 0 spiro atoms. The summed E-state index contributed by atoms with van der Waals surface area (Å²) in [5.41, 5.74) is 1.54. The van der Waals surface area contributed by atoms with Gasteiger partial charge in [0.05, 0.1) is 0 Å². The summed E-state index contributed by atoms with van der Waals surface area (Å²) < 4.78 is 3.44. The van der Waals surface area contributed by atoms with Gasteiger partial charge in [-0.2, -0.15) is 7.40 Å². The first-order valence-electron chi connectivity index (χ1n) is 4.56. The van der Waals surface area contributed by atoms with Crippen LogP contribution < -0.4 is 0 Å². The summed E-state index contributed by atoms with van der Waals surface area (Å²) >= 11 is -0.0675. The van der Waals surface area contributed by atoms with Crippen LogP contribution in [0, 0.1) is 0 Å². The maximum Gasteiger partial charge on any atom is 0.438 e. The van der Waals surface area contributed by atoms with Crippen LogP contribution in [0.1, 0.15) is 19.8 Å². The van der Waals surface area contributed by atoms with Crippen molar-refractivity contribution in [2.24, 2.45) is 0 Å². The first-order valence-corrected chi connectivity index (χ1v) is 5.97. The average Bonchev–Trinajstić information content (AvgIpc) is 2.65. The van der Waals surface area contributed by atoms with E-state index in [1.54, 1.807) is 7.40 Å². The fourth-order valence-electron chi connectivity index (χ4n) is 1.77. The Morgan fingerprint density at radius 1 is 1.25 bits per heavy atom. The predicted octanol–water partition coefficient (Wildman–Crippen LogP) is 2.77. The lowest BCUT2D eigenvalue weighted by molar-refractivity contribution is 1.33. The fraction of sp³-hybridized carbons (Fsp3) is 0.273. The van der Waals surface area contributed by atoms with Gasteiger partial charge < -0.3 is 0 Å². The van der Waals surface area contributed by atoms with Crippen molar-refractivity contribution in [3.8, 4) is 0 Å². The van der Waals surface area contributed by atoms with Crippen molar-refractivity contribution in [1.82, 2.24) is 0 Å². The molecule has 0 heterocycles. The largest absolute Gasteiger partial charge is 0.438 e. The normalized spacial score (nSPS) is 20.2. The molecule has 0 amide bonds. The van der Waals surface area contributed by atoms with Gasteiger partial charge in [0.2, 0.25) is 0 Å². The van der Waals surface area contributed by atoms with Gasteiger partial charge in [-0.15, -0.1) is 0 Å². The highest BCUT2D eigenvalue weighted by Gasteiger charge is 2.11. The molecule has 0 aromatic heterocycles. The van der Waals surface area contributed by atoms with Crippen molar-refractivity contribution >= 4 is 20.4 Å². The summed E-state index contributed by atoms with van der Waals surface area (Å²) in [5, 5.41) is 0. The maximum absolute atomic E-state index is 2.31. The third kappa shape index (κ3) is 1.72. The fourth-order valence-corrected chi connectivity index (χ4v) is 3.59. The summed E-state index contributed by atoms with van der Waals surface area (Å²) in [6.45, 7) is 2.24. The highest BCUT2D eigenvalue weighted by Crippen LogP contribution is 2.21. The van der Waals surface area contributed by atoms with E-state index >= 15 is 0 Å². The molecule has 0 aromatic carbocycles. The van der Waals surface area contributed by atoms with E-state index in [0.717, 1.165) is 0 Å². The molecule has 0 atom stereocenters. The first kappa shape index (κ1) is 8.33. The number of allylic oxidation sites excluding steroid dienone is 8. The molecule has 0 aliphatic heterocycles. The monoisotopic (exact) mass is 168 g/mol. The Bertz CT molecular complexity index is 303. The Morgan fingerprint density at radius 2 is 2.17 bits per heavy atom. The van der Waals surface area contributed by atoms with Gasteiger partial charge in [-0.25, -0.2) is 0 Å². The Hall–Kier alpha value is -0.274. The van der Waals surface area contributed by atoms with Crippen LogP contribution in [0.4, 0.5) is 0 Å². The van der Waals surface area contributed by atoms with Gasteiger partial charge >= 0.3 is 20.4 Å². The van der Waals surface area contributed by atoms with Gasteiger partial charge in [-0.1, -0.05) is 36.0 Å². The molecule has 0 bridgehead atoms. The van der Waals surface area contributed by atoms with Crippen molar-refractivity contribution in [3.63, 3.8) is 0 Å². The Morgan fingerprint density at radius 3 is 2.75 bits per heavy atom. The molecule has 0 aromatic rings. The molecule has 2 aliphatic rings. The molecule has 1 heteroatoms. The van der Waals surface area contributed by atoms with E-state index in [-0.39, 0.29) is 20.4 Å². The lowest BCUT2D eigenvalue weighted by Gasteiger charge is -2.02. The van der Waals surface area contributed by atoms with Crippen LogP contribution in [0.15, 0.2) is 43.4 Å². The van der Waals surface area contributed by atoms with Crippen LogP contribution in [0.2, 0.25) is 0 Å². The predicted molar refractivity (Wildman–Crippen MR) is 54.1 cm³/mol. The van der Waals surface area contributed by atoms with E-state index < -0.39 is 0 Å². The molecule has 0 N–H and O–H groups in total. The summed E-state index contributed by atoms with van der Waals surface area (Å²) in [6.07, 6.45) is 13.8. The van der Waals surface area contributed by atoms with Gasteiger partial charge in [0.1, 0.15) is 0 Å². The highest BCUT2D eigenvalue weighted by molar-refractivity contribution is 6.54. The van der Waals surface area contributed by atoms with Crippen molar-refractivity contribution in [2.45, 2.75) is 19.8 Å². The second-order valence-corrected chi connectivity index (χ2v) is 5.64. The van der Waals surface area contributed by atoms with Crippen LogP contribution in [-0.2, 0) is 0 Å². The van der Waals surface area contributed by atoms with Crippen LogP contribution in [-0.4, -0.2) is 20.4 Å². The number of rotatable bonds is 2. The topological polar surface area (TPSA) is 0 Å². The molecule has 0 radical (unpaired) electrons. The second-order valence-electron chi connectivity index (χ2n) is 3.53. The molecular formula is C11H12Mg. The summed E-state index contributed by atoms with van der Waals surface area (Å²) in [7, 11) is 0. The van der Waals surface area contributed by atoms with E-state index in [1.165, 1.54) is 18.4 Å². The van der Waals surface area contributed by atoms with Crippen molar-refractivity contribution in [3.05, 3.63) is 43.4 Å². The molecule has 0 saturated heterocycles. The lowest BCUT2D eigenvalue weighted by Crippen LogP contribution is -1.99. The zero-order chi connectivity index (χ0) is 8.39. The summed E-state index contributed by atoms with van der Waals surface area (Å²) in [4.78, 5) is 0. The van der Waals surface area contributed by atoms with E-state index in [4.69, 9.17) is 0 Å². The van der Waals surface area contributed by atoms with Gasteiger partial charge in [0.15, 0.2) is 0 Å². The molecule has 2 aliphatic carbocycles. The maximum atomic E-state index is 2.31. The van der Waals surface area contributed by atoms with Gasteiger partial charge in [-0.05, 0) is 19.8 Å². The lowest BCUT2D eigenvalue weighted by atomic mass is 10.3. The smallest absolute Gasteiger partial charge is 0.182 e. The summed E-state index contributed by atoms with van der Waals surface area (Å²) in [5.74, 6) is 0. The van der Waals surface area contributed by atoms with Crippen molar-refractivity contribution < 1.29 is 0 Å². The van der Waals surface area contributed by atoms with Gasteiger partial charge in [-0.3, -0.25) is 0 Å². The first-order chi connectivity index (χ1) is 5.86. The van der Waals surface area contributed by atoms with Crippen molar-refractivity contribution in [1.29, 1.82) is 0 Å². The molecule has 2 rings (SSSR count). The van der Waals surface area contributed by atoms with E-state index in [9.17, 15) is 0 Å². The minimum atomic E-state index is -0.0675. The molecule has 0 unspecified atom stereocenters. The average molecular weight is 169 g/mol. The van der Waals surface area contributed by atoms with Gasteiger partial charge in [0, 0.05) is 0 Å². The summed E-state index contributed by atoms with van der Waals surface area (Å²) in [6, 6.07) is 0. The molecule has 0 saturated carbocycles. The molecule has 58 valence electrons. The second kappa shape index (κ2) is 3.63. The zero-order valence-corrected chi connectivity index (χ0v) is 8.92. The number of hydrogen-bond acceptors (Lipinski definition) is 0. The minimum absolute atomic E-state index is 0.0675. The van der Waals surface area contributed by atoms with Crippen LogP contribution >= 0.6 is 0 Å². The Balaban J connectivity index is 2.01. The highest BCUT2D eigenvalue weighted by atomic mass is 24.5.